The first-order valence-corrected chi connectivity index (χ1v) is 8.11. The van der Waals surface area contributed by atoms with Crippen LogP contribution in [0.5, 0.6) is 0 Å². The minimum atomic E-state index is -0.588. The van der Waals surface area contributed by atoms with Crippen molar-refractivity contribution >= 4 is 33.3 Å². The summed E-state index contributed by atoms with van der Waals surface area (Å²) in [5.74, 6) is 0.447. The van der Waals surface area contributed by atoms with Crippen LogP contribution >= 0.6 is 15.9 Å². The quantitative estimate of drug-likeness (QED) is 0.716. The highest BCUT2D eigenvalue weighted by Crippen LogP contribution is 2.35. The lowest BCUT2D eigenvalue weighted by atomic mass is 10.1. The van der Waals surface area contributed by atoms with Crippen molar-refractivity contribution in [3.05, 3.63) is 52.5 Å². The van der Waals surface area contributed by atoms with Gasteiger partial charge in [0.2, 0.25) is 0 Å². The summed E-state index contributed by atoms with van der Waals surface area (Å²) in [6, 6.07) is 12.5. The topological polar surface area (TPSA) is 101 Å². The molecule has 0 fully saturated rings. The Labute approximate surface area is 147 Å². The van der Waals surface area contributed by atoms with Gasteiger partial charge in [-0.3, -0.25) is 4.90 Å². The van der Waals surface area contributed by atoms with E-state index in [2.05, 4.69) is 43.5 Å². The zero-order valence-electron chi connectivity index (χ0n) is 12.9. The molecule has 0 unspecified atom stereocenters. The second-order valence-corrected chi connectivity index (χ2v) is 6.02. The molecule has 0 aliphatic carbocycles. The Morgan fingerprint density at radius 2 is 2.00 bits per heavy atom. The first-order valence-electron chi connectivity index (χ1n) is 7.32. The Balaban J connectivity index is 2.14. The molecule has 0 atom stereocenters. The molecule has 24 heavy (non-hydrogen) atoms. The van der Waals surface area contributed by atoms with Crippen molar-refractivity contribution in [1.82, 2.24) is 20.6 Å². The molecule has 3 rings (SSSR count). The Morgan fingerprint density at radius 3 is 2.58 bits per heavy atom. The first-order chi connectivity index (χ1) is 11.6. The van der Waals surface area contributed by atoms with Crippen molar-refractivity contribution in [3.63, 3.8) is 0 Å². The number of halogens is 1. The van der Waals surface area contributed by atoms with E-state index < -0.39 is 6.03 Å². The van der Waals surface area contributed by atoms with E-state index in [1.165, 1.54) is 10.5 Å². The lowest BCUT2D eigenvalue weighted by molar-refractivity contribution is 0.256. The molecule has 3 aromatic rings. The third-order valence-corrected chi connectivity index (χ3v) is 4.12. The van der Waals surface area contributed by atoms with Gasteiger partial charge in [0.15, 0.2) is 5.82 Å². The number of nitrogens with one attached hydrogen (secondary N) is 1. The molecule has 0 spiro atoms. The summed E-state index contributed by atoms with van der Waals surface area (Å²) in [6.07, 6.45) is 0.921. The second kappa shape index (κ2) is 6.79. The molecule has 3 N–H and O–H groups in total. The number of aromatic amines is 1. The number of hydrogen-bond donors (Lipinski definition) is 2. The Bertz CT molecular complexity index is 848. The molecule has 2 amide bonds. The van der Waals surface area contributed by atoms with Gasteiger partial charge in [0.05, 0.1) is 11.4 Å². The number of benzene rings is 2. The number of urea groups is 1. The van der Waals surface area contributed by atoms with Gasteiger partial charge in [-0.15, -0.1) is 5.10 Å². The minimum Gasteiger partial charge on any atom is -0.351 e. The van der Waals surface area contributed by atoms with Crippen LogP contribution in [0.25, 0.3) is 11.4 Å². The summed E-state index contributed by atoms with van der Waals surface area (Å²) in [5, 5.41) is 13.8. The molecule has 2 aromatic carbocycles. The van der Waals surface area contributed by atoms with Gasteiger partial charge in [-0.25, -0.2) is 9.89 Å². The smallest absolute Gasteiger partial charge is 0.323 e. The molecule has 0 bridgehead atoms. The van der Waals surface area contributed by atoms with Crippen molar-refractivity contribution in [3.8, 4) is 11.4 Å². The number of carbonyl (C=O) groups excluding carboxylic acids is 1. The van der Waals surface area contributed by atoms with Crippen LogP contribution in [0.1, 0.15) is 12.5 Å². The van der Waals surface area contributed by atoms with Gasteiger partial charge in [0.25, 0.3) is 0 Å². The van der Waals surface area contributed by atoms with Crippen LogP contribution < -0.4 is 10.6 Å². The van der Waals surface area contributed by atoms with Gasteiger partial charge >= 0.3 is 6.03 Å². The molecule has 7 nitrogen and oxygen atoms in total. The van der Waals surface area contributed by atoms with Gasteiger partial charge in [-0.1, -0.05) is 35.0 Å². The van der Waals surface area contributed by atoms with Crippen LogP contribution in [0.15, 0.2) is 46.9 Å². The number of H-pyrrole nitrogens is 1. The highest BCUT2D eigenvalue weighted by atomic mass is 79.9. The summed E-state index contributed by atoms with van der Waals surface area (Å²) in [5.41, 5.74) is 8.75. The number of aromatic nitrogens is 4. The highest BCUT2D eigenvalue weighted by molar-refractivity contribution is 9.10. The van der Waals surface area contributed by atoms with E-state index in [-0.39, 0.29) is 0 Å². The van der Waals surface area contributed by atoms with Crippen molar-refractivity contribution in [1.29, 1.82) is 0 Å². The molecule has 0 saturated heterocycles. The van der Waals surface area contributed by atoms with E-state index in [0.29, 0.717) is 22.8 Å². The number of aryl methyl sites for hydroxylation is 1. The minimum absolute atomic E-state index is 0.447. The third-order valence-electron chi connectivity index (χ3n) is 3.62. The van der Waals surface area contributed by atoms with E-state index in [9.17, 15) is 4.79 Å². The number of anilines is 2. The number of primary amides is 1. The van der Waals surface area contributed by atoms with Crippen LogP contribution in [0.2, 0.25) is 0 Å². The van der Waals surface area contributed by atoms with Crippen molar-refractivity contribution in [2.75, 3.05) is 4.90 Å². The lowest BCUT2D eigenvalue weighted by Crippen LogP contribution is -2.31. The maximum absolute atomic E-state index is 12.1. The number of amides is 2. The number of carbonyl (C=O) groups is 1. The summed E-state index contributed by atoms with van der Waals surface area (Å²) in [7, 11) is 0. The predicted octanol–water partition coefficient (Wildman–Crippen LogP) is 3.41. The predicted molar refractivity (Wildman–Crippen MR) is 94.9 cm³/mol. The molecule has 122 valence electrons. The van der Waals surface area contributed by atoms with Crippen LogP contribution in [0, 0.1) is 0 Å². The normalized spacial score (nSPS) is 10.6. The summed E-state index contributed by atoms with van der Waals surface area (Å²) >= 11 is 3.43. The summed E-state index contributed by atoms with van der Waals surface area (Å²) in [6.45, 7) is 2.07. The maximum Gasteiger partial charge on any atom is 0.323 e. The number of hydrogen-bond acceptors (Lipinski definition) is 4. The molecule has 0 radical (unpaired) electrons. The summed E-state index contributed by atoms with van der Waals surface area (Å²) in [4.78, 5) is 13.6. The average Bonchev–Trinajstić information content (AvgIpc) is 3.11. The van der Waals surface area contributed by atoms with Crippen molar-refractivity contribution in [2.24, 2.45) is 5.73 Å². The Kier molecular flexibility index (Phi) is 4.57. The first kappa shape index (κ1) is 16.1. The van der Waals surface area contributed by atoms with Crippen LogP contribution in [0.3, 0.4) is 0 Å². The van der Waals surface area contributed by atoms with Gasteiger partial charge in [-0.2, -0.15) is 0 Å². The Morgan fingerprint density at radius 1 is 1.25 bits per heavy atom. The summed E-state index contributed by atoms with van der Waals surface area (Å²) < 4.78 is 0.836. The largest absolute Gasteiger partial charge is 0.351 e. The van der Waals surface area contributed by atoms with Gasteiger partial charge in [0.1, 0.15) is 0 Å². The monoisotopic (exact) mass is 386 g/mol. The zero-order chi connectivity index (χ0) is 17.1. The number of rotatable bonds is 4. The molecule has 0 aliphatic rings. The maximum atomic E-state index is 12.1. The van der Waals surface area contributed by atoms with E-state index in [1.54, 1.807) is 6.07 Å². The lowest BCUT2D eigenvalue weighted by Gasteiger charge is -2.23. The molecule has 0 aliphatic heterocycles. The number of nitrogens with zero attached hydrogens (tertiary/aromatic N) is 4. The third kappa shape index (κ3) is 3.13. The van der Waals surface area contributed by atoms with Gasteiger partial charge in [0, 0.05) is 10.0 Å². The van der Waals surface area contributed by atoms with Crippen molar-refractivity contribution in [2.45, 2.75) is 13.3 Å². The fraction of sp³-hybridized carbons (Fsp3) is 0.125. The Hall–Kier alpha value is -2.74. The molecular formula is C16H15BrN6O. The molecule has 1 heterocycles. The van der Waals surface area contributed by atoms with E-state index in [4.69, 9.17) is 5.73 Å². The van der Waals surface area contributed by atoms with Gasteiger partial charge < -0.3 is 5.73 Å². The van der Waals surface area contributed by atoms with Crippen molar-refractivity contribution < 1.29 is 4.79 Å². The van der Waals surface area contributed by atoms with Crippen LogP contribution in [-0.4, -0.2) is 26.7 Å². The van der Waals surface area contributed by atoms with Crippen LogP contribution in [-0.2, 0) is 6.42 Å². The second-order valence-electron chi connectivity index (χ2n) is 5.10. The van der Waals surface area contributed by atoms with E-state index in [1.807, 2.05) is 36.4 Å². The standard InChI is InChI=1S/C16H15BrN6O/c1-2-10-3-6-12(7-4-10)23(16(18)24)14-8-5-11(17)9-13(14)15-19-21-22-20-15/h3-9H,2H2,1H3,(H2,18,24)(H,19,20,21,22). The molecule has 0 saturated carbocycles. The number of tetrazole rings is 1. The SMILES string of the molecule is CCc1ccc(N(C(N)=O)c2ccc(Br)cc2-c2nnn[nH]2)cc1. The highest BCUT2D eigenvalue weighted by Gasteiger charge is 2.21. The average molecular weight is 387 g/mol. The van der Waals surface area contributed by atoms with E-state index in [0.717, 1.165) is 10.9 Å². The van der Waals surface area contributed by atoms with Gasteiger partial charge in [-0.05, 0) is 52.7 Å². The molecule has 8 heteroatoms. The molecule has 1 aromatic heterocycles. The zero-order valence-corrected chi connectivity index (χ0v) is 14.5. The van der Waals surface area contributed by atoms with Crippen LogP contribution in [0.4, 0.5) is 16.2 Å². The van der Waals surface area contributed by atoms with E-state index >= 15 is 0 Å². The fourth-order valence-electron chi connectivity index (χ4n) is 2.43. The fourth-order valence-corrected chi connectivity index (χ4v) is 2.79. The molecular weight excluding hydrogens is 372 g/mol. The number of nitrogens with two attached hydrogens (primary N) is 1.